The maximum absolute atomic E-state index is 11.9. The Labute approximate surface area is 122 Å². The van der Waals surface area contributed by atoms with E-state index in [2.05, 4.69) is 10.6 Å². The molecule has 0 aromatic rings. The van der Waals surface area contributed by atoms with E-state index in [1.807, 2.05) is 0 Å². The largest absolute Gasteiger partial charge is 0.481 e. The summed E-state index contributed by atoms with van der Waals surface area (Å²) in [6, 6.07) is -0.561. The van der Waals surface area contributed by atoms with Crippen LogP contribution in [0.15, 0.2) is 0 Å². The Bertz CT molecular complexity index is 342. The number of hydrogen-bond acceptors (Lipinski definition) is 2. The highest BCUT2D eigenvalue weighted by molar-refractivity contribution is 5.78. The molecule has 0 aliphatic carbocycles. The Morgan fingerprint density at radius 3 is 2.05 bits per heavy atom. The Morgan fingerprint density at radius 2 is 1.62 bits per heavy atom. The van der Waals surface area contributed by atoms with Gasteiger partial charge >= 0.3 is 18.2 Å². The summed E-state index contributed by atoms with van der Waals surface area (Å²) in [5, 5.41) is 14.1. The molecule has 0 fully saturated rings. The zero-order valence-corrected chi connectivity index (χ0v) is 12.3. The summed E-state index contributed by atoms with van der Waals surface area (Å²) in [6.45, 7) is 3.58. The van der Waals surface area contributed by atoms with E-state index in [0.29, 0.717) is 12.8 Å². The number of carboxylic acid groups (broad SMARTS) is 1. The smallest absolute Gasteiger partial charge is 0.389 e. The molecule has 0 atom stereocenters. The number of carboxylic acids is 1. The Morgan fingerprint density at radius 1 is 1.05 bits per heavy atom. The van der Waals surface area contributed by atoms with Crippen LogP contribution in [0.3, 0.4) is 0 Å². The molecule has 0 unspecified atom stereocenters. The van der Waals surface area contributed by atoms with Gasteiger partial charge < -0.3 is 15.7 Å². The fraction of sp³-hybridized carbons (Fsp3) is 0.846. The molecule has 0 bridgehead atoms. The third-order valence-corrected chi connectivity index (χ3v) is 3.57. The van der Waals surface area contributed by atoms with Gasteiger partial charge in [-0.2, -0.15) is 13.2 Å². The molecule has 0 aromatic carbocycles. The van der Waals surface area contributed by atoms with Crippen molar-refractivity contribution in [3.63, 3.8) is 0 Å². The lowest BCUT2D eigenvalue weighted by molar-refractivity contribution is -0.149. The number of amides is 2. The fourth-order valence-electron chi connectivity index (χ4n) is 1.84. The van der Waals surface area contributed by atoms with E-state index in [4.69, 9.17) is 0 Å². The van der Waals surface area contributed by atoms with E-state index in [1.54, 1.807) is 13.8 Å². The number of carbonyl (C=O) groups is 2. The minimum Gasteiger partial charge on any atom is -0.481 e. The van der Waals surface area contributed by atoms with Crippen molar-refractivity contribution in [3.8, 4) is 0 Å². The standard InChI is InChI=1S/C13H23F3N2O3/c1-3-12(4-2,10(19)20)9-18-11(21)17-8-6-5-7-13(14,15)16/h3-9H2,1-2H3,(H,19,20)(H2,17,18,21). The maximum Gasteiger partial charge on any atom is 0.389 e. The van der Waals surface area contributed by atoms with Crippen LogP contribution in [-0.4, -0.2) is 36.4 Å². The molecule has 21 heavy (non-hydrogen) atoms. The van der Waals surface area contributed by atoms with Crippen LogP contribution >= 0.6 is 0 Å². The lowest BCUT2D eigenvalue weighted by atomic mass is 9.82. The van der Waals surface area contributed by atoms with Gasteiger partial charge in [-0.15, -0.1) is 0 Å². The summed E-state index contributed by atoms with van der Waals surface area (Å²) < 4.78 is 35.7. The SMILES string of the molecule is CCC(CC)(CNC(=O)NCCCCC(F)(F)F)C(=O)O. The lowest BCUT2D eigenvalue weighted by Gasteiger charge is -2.26. The van der Waals surface area contributed by atoms with Crippen LogP contribution in [-0.2, 0) is 4.79 Å². The minimum atomic E-state index is -4.17. The second-order valence-electron chi connectivity index (χ2n) is 4.97. The monoisotopic (exact) mass is 312 g/mol. The van der Waals surface area contributed by atoms with Gasteiger partial charge in [-0.1, -0.05) is 13.8 Å². The quantitative estimate of drug-likeness (QED) is 0.573. The molecular weight excluding hydrogens is 289 g/mol. The first kappa shape index (κ1) is 19.5. The summed E-state index contributed by atoms with van der Waals surface area (Å²) in [4.78, 5) is 22.7. The summed E-state index contributed by atoms with van der Waals surface area (Å²) in [7, 11) is 0. The van der Waals surface area contributed by atoms with Crippen LogP contribution in [0.1, 0.15) is 46.0 Å². The number of aliphatic carboxylic acids is 1. The molecule has 5 nitrogen and oxygen atoms in total. The first-order valence-electron chi connectivity index (χ1n) is 6.98. The zero-order chi connectivity index (χ0) is 16.5. The minimum absolute atomic E-state index is 0.0102. The van der Waals surface area contributed by atoms with E-state index >= 15 is 0 Å². The molecule has 0 saturated heterocycles. The van der Waals surface area contributed by atoms with Crippen molar-refractivity contribution in [2.45, 2.75) is 52.1 Å². The van der Waals surface area contributed by atoms with Crippen molar-refractivity contribution in [2.24, 2.45) is 5.41 Å². The Balaban J connectivity index is 3.97. The Hall–Kier alpha value is -1.47. The molecule has 8 heteroatoms. The van der Waals surface area contributed by atoms with Crippen LogP contribution in [0.2, 0.25) is 0 Å². The van der Waals surface area contributed by atoms with Crippen LogP contribution in [0, 0.1) is 5.41 Å². The van der Waals surface area contributed by atoms with Crippen LogP contribution in [0.25, 0.3) is 0 Å². The van der Waals surface area contributed by atoms with Crippen molar-refractivity contribution < 1.29 is 27.9 Å². The van der Waals surface area contributed by atoms with Gasteiger partial charge in [0.05, 0.1) is 5.41 Å². The van der Waals surface area contributed by atoms with Crippen LogP contribution in [0.4, 0.5) is 18.0 Å². The number of rotatable bonds is 9. The highest BCUT2D eigenvalue weighted by Gasteiger charge is 2.35. The van der Waals surface area contributed by atoms with Crippen molar-refractivity contribution in [2.75, 3.05) is 13.1 Å². The highest BCUT2D eigenvalue weighted by atomic mass is 19.4. The van der Waals surface area contributed by atoms with Gasteiger partial charge in [0.1, 0.15) is 0 Å². The number of alkyl halides is 3. The molecule has 0 rings (SSSR count). The molecule has 3 N–H and O–H groups in total. The number of carbonyl (C=O) groups excluding carboxylic acids is 1. The lowest BCUT2D eigenvalue weighted by Crippen LogP contribution is -2.46. The molecule has 0 radical (unpaired) electrons. The zero-order valence-electron chi connectivity index (χ0n) is 12.3. The van der Waals surface area contributed by atoms with Gasteiger partial charge in [0.25, 0.3) is 0 Å². The molecule has 0 heterocycles. The second kappa shape index (κ2) is 8.74. The Kier molecular flexibility index (Phi) is 8.12. The highest BCUT2D eigenvalue weighted by Crippen LogP contribution is 2.25. The number of urea groups is 1. The van der Waals surface area contributed by atoms with Gasteiger partial charge in [0, 0.05) is 19.5 Å². The third kappa shape index (κ3) is 7.77. The second-order valence-corrected chi connectivity index (χ2v) is 4.97. The van der Waals surface area contributed by atoms with Gasteiger partial charge in [0.2, 0.25) is 0 Å². The first-order valence-corrected chi connectivity index (χ1v) is 6.98. The molecule has 0 aliphatic heterocycles. The molecular formula is C13H23F3N2O3. The van der Waals surface area contributed by atoms with Crippen LogP contribution in [0.5, 0.6) is 0 Å². The molecule has 0 aliphatic rings. The third-order valence-electron chi connectivity index (χ3n) is 3.57. The van der Waals surface area contributed by atoms with Crippen LogP contribution < -0.4 is 10.6 Å². The summed E-state index contributed by atoms with van der Waals surface area (Å²) >= 11 is 0. The maximum atomic E-state index is 11.9. The van der Waals surface area contributed by atoms with E-state index in [0.717, 1.165) is 0 Å². The molecule has 0 spiro atoms. The number of nitrogens with one attached hydrogen (secondary N) is 2. The van der Waals surface area contributed by atoms with E-state index in [9.17, 15) is 27.9 Å². The summed E-state index contributed by atoms with van der Waals surface area (Å²) in [5.41, 5.74) is -1.01. The van der Waals surface area contributed by atoms with Gasteiger partial charge in [-0.05, 0) is 25.7 Å². The van der Waals surface area contributed by atoms with Crippen molar-refractivity contribution in [1.82, 2.24) is 10.6 Å². The average molecular weight is 312 g/mol. The topological polar surface area (TPSA) is 78.4 Å². The van der Waals surface area contributed by atoms with E-state index in [-0.39, 0.29) is 25.9 Å². The first-order chi connectivity index (χ1) is 9.67. The average Bonchev–Trinajstić information content (AvgIpc) is 2.38. The molecule has 124 valence electrons. The van der Waals surface area contributed by atoms with Crippen molar-refractivity contribution in [3.05, 3.63) is 0 Å². The number of halogens is 3. The molecule has 2 amide bonds. The van der Waals surface area contributed by atoms with Crippen molar-refractivity contribution in [1.29, 1.82) is 0 Å². The number of hydrogen-bond donors (Lipinski definition) is 3. The van der Waals surface area contributed by atoms with Gasteiger partial charge in [0.15, 0.2) is 0 Å². The van der Waals surface area contributed by atoms with E-state index in [1.165, 1.54) is 0 Å². The fourth-order valence-corrected chi connectivity index (χ4v) is 1.84. The van der Waals surface area contributed by atoms with Crippen molar-refractivity contribution >= 4 is 12.0 Å². The summed E-state index contributed by atoms with van der Waals surface area (Å²) in [5.74, 6) is -0.974. The van der Waals surface area contributed by atoms with E-state index < -0.39 is 30.0 Å². The number of unbranched alkanes of at least 4 members (excludes halogenated alkanes) is 1. The van der Waals surface area contributed by atoms with Gasteiger partial charge in [-0.3, -0.25) is 4.79 Å². The van der Waals surface area contributed by atoms with Gasteiger partial charge in [-0.25, -0.2) is 4.79 Å². The predicted molar refractivity (Wildman–Crippen MR) is 72.0 cm³/mol. The molecule has 0 aromatic heterocycles. The normalized spacial score (nSPS) is 12.0. The predicted octanol–water partition coefficient (Wildman–Crippen LogP) is 2.91. The molecule has 0 saturated carbocycles. The summed E-state index contributed by atoms with van der Waals surface area (Å²) in [6.07, 6.45) is -4.11.